The van der Waals surface area contributed by atoms with Crippen LogP contribution >= 0.6 is 0 Å². The van der Waals surface area contributed by atoms with Crippen molar-refractivity contribution in [1.82, 2.24) is 0 Å². The summed E-state index contributed by atoms with van der Waals surface area (Å²) < 4.78 is 22.0. The van der Waals surface area contributed by atoms with Crippen LogP contribution in [-0.2, 0) is 14.8 Å². The average Bonchev–Trinajstić information content (AvgIpc) is 2.26. The van der Waals surface area contributed by atoms with Crippen molar-refractivity contribution in [3.63, 3.8) is 0 Å². The summed E-state index contributed by atoms with van der Waals surface area (Å²) in [5.41, 5.74) is 0.205. The van der Waals surface area contributed by atoms with Crippen molar-refractivity contribution in [2.75, 3.05) is 0 Å². The molecule has 0 aliphatic carbocycles. The van der Waals surface area contributed by atoms with Crippen LogP contribution in [0.5, 0.6) is 0 Å². The maximum absolute atomic E-state index is 11.0. The number of sulfonamides is 1. The van der Waals surface area contributed by atoms with E-state index in [-0.39, 0.29) is 10.5 Å². The average molecular weight is 275 g/mol. The summed E-state index contributed by atoms with van der Waals surface area (Å²) in [4.78, 5) is 10.2. The molecule has 0 fully saturated rings. The second kappa shape index (κ2) is 5.44. The lowest BCUT2D eigenvalue weighted by Crippen LogP contribution is -2.21. The summed E-state index contributed by atoms with van der Waals surface area (Å²) in [6.45, 7) is 0. The molecule has 0 saturated carbocycles. The molecule has 18 heavy (non-hydrogen) atoms. The lowest BCUT2D eigenvalue weighted by Gasteiger charge is -2.16. The highest BCUT2D eigenvalue weighted by molar-refractivity contribution is 7.89. The van der Waals surface area contributed by atoms with Crippen molar-refractivity contribution in [2.24, 2.45) is 5.14 Å². The molecule has 100 valence electrons. The van der Waals surface area contributed by atoms with Gasteiger partial charge in [-0.2, -0.15) is 0 Å². The third kappa shape index (κ3) is 3.77. The normalized spacial score (nSPS) is 15.1. The fourth-order valence-corrected chi connectivity index (χ4v) is 1.88. The third-order valence-corrected chi connectivity index (χ3v) is 3.23. The van der Waals surface area contributed by atoms with Crippen molar-refractivity contribution in [3.05, 3.63) is 29.8 Å². The molecule has 2 atom stereocenters. The predicted molar refractivity (Wildman–Crippen MR) is 61.0 cm³/mol. The van der Waals surface area contributed by atoms with E-state index >= 15 is 0 Å². The minimum Gasteiger partial charge on any atom is -0.481 e. The van der Waals surface area contributed by atoms with E-state index in [0.717, 1.165) is 0 Å². The maximum atomic E-state index is 11.0. The number of nitrogens with two attached hydrogens (primary N) is 1. The number of benzene rings is 1. The van der Waals surface area contributed by atoms with Crippen molar-refractivity contribution in [2.45, 2.75) is 23.5 Å². The lowest BCUT2D eigenvalue weighted by atomic mass is 10.0. The Labute approximate surface area is 104 Å². The van der Waals surface area contributed by atoms with Crippen LogP contribution in [0.2, 0.25) is 0 Å². The van der Waals surface area contributed by atoms with Crippen molar-refractivity contribution >= 4 is 16.0 Å². The zero-order valence-corrected chi connectivity index (χ0v) is 10.0. The van der Waals surface area contributed by atoms with E-state index in [9.17, 15) is 23.4 Å². The van der Waals surface area contributed by atoms with Gasteiger partial charge in [-0.1, -0.05) is 12.1 Å². The van der Waals surface area contributed by atoms with Crippen molar-refractivity contribution in [3.8, 4) is 0 Å². The van der Waals surface area contributed by atoms with Gasteiger partial charge in [-0.25, -0.2) is 13.6 Å². The molecule has 0 aromatic heterocycles. The number of aliphatic hydroxyl groups excluding tert-OH is 2. The van der Waals surface area contributed by atoms with Gasteiger partial charge in [0.1, 0.15) is 6.10 Å². The van der Waals surface area contributed by atoms with Crippen molar-refractivity contribution < 1.29 is 28.5 Å². The molecule has 0 amide bonds. The standard InChI is InChI=1S/C10H13NO6S/c11-18(16,17)7-3-1-6(2-4-7)10(15)8(12)5-9(13)14/h1-4,8,10,12,15H,5H2,(H,13,14)(H2,11,16,17). The Morgan fingerprint density at radius 1 is 1.22 bits per heavy atom. The Kier molecular flexibility index (Phi) is 4.41. The van der Waals surface area contributed by atoms with Crippen LogP contribution in [-0.4, -0.2) is 35.8 Å². The van der Waals surface area contributed by atoms with Crippen LogP contribution in [0.15, 0.2) is 29.2 Å². The molecule has 0 heterocycles. The summed E-state index contributed by atoms with van der Waals surface area (Å²) in [7, 11) is -3.82. The van der Waals surface area contributed by atoms with E-state index in [1.54, 1.807) is 0 Å². The van der Waals surface area contributed by atoms with Crippen LogP contribution in [0.4, 0.5) is 0 Å². The molecule has 0 bridgehead atoms. The summed E-state index contributed by atoms with van der Waals surface area (Å²) in [5.74, 6) is -1.25. The van der Waals surface area contributed by atoms with Gasteiger partial charge in [0.15, 0.2) is 0 Å². The summed E-state index contributed by atoms with van der Waals surface area (Å²) in [6.07, 6.45) is -3.49. The zero-order chi connectivity index (χ0) is 13.9. The van der Waals surface area contributed by atoms with Crippen LogP contribution in [0.25, 0.3) is 0 Å². The lowest BCUT2D eigenvalue weighted by molar-refractivity contribution is -0.141. The van der Waals surface area contributed by atoms with Crippen LogP contribution in [0, 0.1) is 0 Å². The number of hydrogen-bond acceptors (Lipinski definition) is 5. The highest BCUT2D eigenvalue weighted by atomic mass is 32.2. The molecule has 1 aromatic carbocycles. The monoisotopic (exact) mass is 275 g/mol. The highest BCUT2D eigenvalue weighted by Gasteiger charge is 2.21. The van der Waals surface area contributed by atoms with Gasteiger partial charge in [0.25, 0.3) is 0 Å². The Bertz CT molecular complexity index is 524. The number of hydrogen-bond donors (Lipinski definition) is 4. The van der Waals surface area contributed by atoms with Crippen LogP contribution < -0.4 is 5.14 Å². The quantitative estimate of drug-likeness (QED) is 0.555. The molecule has 7 nitrogen and oxygen atoms in total. The van der Waals surface area contributed by atoms with E-state index < -0.39 is 34.6 Å². The van der Waals surface area contributed by atoms with Gasteiger partial charge in [0.2, 0.25) is 10.0 Å². The van der Waals surface area contributed by atoms with Crippen molar-refractivity contribution in [1.29, 1.82) is 0 Å². The topological polar surface area (TPSA) is 138 Å². The maximum Gasteiger partial charge on any atom is 0.306 e. The molecule has 0 spiro atoms. The molecule has 8 heteroatoms. The molecular formula is C10H13NO6S. The number of carbonyl (C=O) groups is 1. The number of carboxylic acids is 1. The highest BCUT2D eigenvalue weighted by Crippen LogP contribution is 2.20. The molecule has 5 N–H and O–H groups in total. The Morgan fingerprint density at radius 3 is 2.11 bits per heavy atom. The van der Waals surface area contributed by atoms with E-state index in [1.807, 2.05) is 0 Å². The number of aliphatic hydroxyl groups is 2. The van der Waals surface area contributed by atoms with E-state index in [4.69, 9.17) is 10.2 Å². The zero-order valence-electron chi connectivity index (χ0n) is 9.22. The van der Waals surface area contributed by atoms with Gasteiger partial charge < -0.3 is 15.3 Å². The summed E-state index contributed by atoms with van der Waals surface area (Å²) in [6, 6.07) is 4.85. The van der Waals surface area contributed by atoms with E-state index in [0.29, 0.717) is 0 Å². The minimum absolute atomic E-state index is 0.133. The predicted octanol–water partition coefficient (Wildman–Crippen LogP) is -0.797. The second-order valence-electron chi connectivity index (χ2n) is 3.72. The molecule has 1 rings (SSSR count). The first-order valence-electron chi connectivity index (χ1n) is 4.92. The minimum atomic E-state index is -3.82. The van der Waals surface area contributed by atoms with Gasteiger partial charge in [-0.05, 0) is 17.7 Å². The molecule has 2 unspecified atom stereocenters. The molecule has 0 aliphatic rings. The number of aliphatic carboxylic acids is 1. The first-order valence-corrected chi connectivity index (χ1v) is 6.47. The van der Waals surface area contributed by atoms with Crippen LogP contribution in [0.3, 0.4) is 0 Å². The Balaban J connectivity index is 2.88. The Hall–Kier alpha value is -1.48. The first kappa shape index (κ1) is 14.6. The molecule has 0 radical (unpaired) electrons. The number of rotatable bonds is 5. The summed E-state index contributed by atoms with van der Waals surface area (Å²) >= 11 is 0. The van der Waals surface area contributed by atoms with Gasteiger partial charge in [-0.15, -0.1) is 0 Å². The third-order valence-electron chi connectivity index (χ3n) is 2.30. The molecule has 1 aromatic rings. The summed E-state index contributed by atoms with van der Waals surface area (Å²) in [5, 5.41) is 32.4. The van der Waals surface area contributed by atoms with E-state index in [2.05, 4.69) is 0 Å². The van der Waals surface area contributed by atoms with Gasteiger partial charge in [0.05, 0.1) is 17.4 Å². The first-order chi connectivity index (χ1) is 8.21. The smallest absolute Gasteiger partial charge is 0.306 e. The second-order valence-corrected chi connectivity index (χ2v) is 5.29. The van der Waals surface area contributed by atoms with Gasteiger partial charge in [-0.3, -0.25) is 4.79 Å². The van der Waals surface area contributed by atoms with E-state index in [1.165, 1.54) is 24.3 Å². The van der Waals surface area contributed by atoms with Gasteiger partial charge >= 0.3 is 5.97 Å². The number of carboxylic acid groups (broad SMARTS) is 1. The molecule has 0 saturated heterocycles. The largest absolute Gasteiger partial charge is 0.481 e. The molecular weight excluding hydrogens is 262 g/mol. The SMILES string of the molecule is NS(=O)(=O)c1ccc(C(O)C(O)CC(=O)O)cc1. The van der Waals surface area contributed by atoms with Crippen LogP contribution in [0.1, 0.15) is 18.1 Å². The van der Waals surface area contributed by atoms with Gasteiger partial charge in [0, 0.05) is 0 Å². The Morgan fingerprint density at radius 2 is 1.72 bits per heavy atom. The number of primary sulfonamides is 1. The fourth-order valence-electron chi connectivity index (χ4n) is 1.37. The molecule has 0 aliphatic heterocycles. The fraction of sp³-hybridized carbons (Fsp3) is 0.300.